The van der Waals surface area contributed by atoms with Gasteiger partial charge in [-0.3, -0.25) is 4.79 Å². The average Bonchev–Trinajstić information content (AvgIpc) is 1.65. The Labute approximate surface area is 88.5 Å². The molecule has 0 aliphatic heterocycles. The molecule has 1 atom stereocenters. The van der Waals surface area contributed by atoms with Gasteiger partial charge >= 0.3 is 43.7 Å². The van der Waals surface area contributed by atoms with Gasteiger partial charge < -0.3 is 16.3 Å². The molecule has 3 N–H and O–H groups in total. The van der Waals surface area contributed by atoms with Gasteiger partial charge in [-0.2, -0.15) is 12.6 Å². The molecule has 0 heterocycles. The molecule has 0 amide bonds. The molecule has 0 radical (unpaired) electrons. The van der Waals surface area contributed by atoms with Crippen molar-refractivity contribution >= 4 is 56.3 Å². The number of carbonyl (C=O) groups is 1. The zero-order valence-electron chi connectivity index (χ0n) is 4.78. The number of thiol groups is 1. The monoisotopic (exact) mass is 177 g/mol. The fourth-order valence-corrected chi connectivity index (χ4v) is 0.234. The topological polar surface area (TPSA) is 91.8 Å². The molecule has 0 fully saturated rings. The van der Waals surface area contributed by atoms with E-state index in [2.05, 4.69) is 12.6 Å². The summed E-state index contributed by atoms with van der Waals surface area (Å²) in [6.07, 6.45) is 0. The number of rotatable bonds is 2. The molecule has 0 rings (SSSR count). The van der Waals surface area contributed by atoms with E-state index in [9.17, 15) is 4.79 Å². The van der Waals surface area contributed by atoms with Gasteiger partial charge in [-0.1, -0.05) is 0 Å². The molecule has 50 valence electrons. The van der Waals surface area contributed by atoms with Crippen LogP contribution in [-0.4, -0.2) is 60.6 Å². The molecule has 0 bridgehead atoms. The maximum atomic E-state index is 9.76. The van der Waals surface area contributed by atoms with Crippen molar-refractivity contribution in [1.29, 1.82) is 0 Å². The zero-order valence-corrected chi connectivity index (χ0v) is 7.88. The molecule has 4 nitrogen and oxygen atoms in total. The molecule has 0 aliphatic rings. The van der Waals surface area contributed by atoms with E-state index in [0.29, 0.717) is 0 Å². The van der Waals surface area contributed by atoms with E-state index in [-0.39, 0.29) is 49.0 Å². The smallest absolute Gasteiger partial charge is 2.00 e. The Morgan fingerprint density at radius 2 is 2.11 bits per heavy atom. The normalized spacial score (nSPS) is 10.4. The molecule has 0 saturated heterocycles. The van der Waals surface area contributed by atoms with Gasteiger partial charge in [0.1, 0.15) is 6.04 Å². The Hall–Kier alpha value is 1.000. The van der Waals surface area contributed by atoms with Gasteiger partial charge in [-0.15, -0.1) is 0 Å². The molecular formula is C3H7CaNO3S. The summed E-state index contributed by atoms with van der Waals surface area (Å²) >= 11 is 3.65. The Bertz CT molecular complexity index is 81.5. The van der Waals surface area contributed by atoms with Crippen molar-refractivity contribution in [2.75, 3.05) is 5.75 Å². The van der Waals surface area contributed by atoms with Crippen LogP contribution in [0.2, 0.25) is 0 Å². The van der Waals surface area contributed by atoms with Crippen LogP contribution < -0.4 is 5.73 Å². The van der Waals surface area contributed by atoms with Crippen LogP contribution in [0.4, 0.5) is 0 Å². The summed E-state index contributed by atoms with van der Waals surface area (Å²) in [7, 11) is 0. The number of aliphatic carboxylic acids is 1. The van der Waals surface area contributed by atoms with Gasteiger partial charge in [-0.05, 0) is 0 Å². The summed E-state index contributed by atoms with van der Waals surface area (Å²) < 4.78 is 0. The third-order valence-corrected chi connectivity index (χ3v) is 0.907. The molecule has 0 aromatic carbocycles. The Morgan fingerprint density at radius 3 is 2.11 bits per heavy atom. The van der Waals surface area contributed by atoms with Gasteiger partial charge in [0.15, 0.2) is 0 Å². The Balaban J connectivity index is -0.000000180. The van der Waals surface area contributed by atoms with Crippen molar-refractivity contribution in [3.05, 3.63) is 0 Å². The van der Waals surface area contributed by atoms with Crippen LogP contribution in [0, 0.1) is 0 Å². The molecule has 0 aliphatic carbocycles. The van der Waals surface area contributed by atoms with Crippen LogP contribution in [0.1, 0.15) is 0 Å². The summed E-state index contributed by atoms with van der Waals surface area (Å²) in [6.45, 7) is 0. The largest absolute Gasteiger partial charge is 2.00 e. The van der Waals surface area contributed by atoms with Gasteiger partial charge in [0.25, 0.3) is 0 Å². The second-order valence-corrected chi connectivity index (χ2v) is 1.49. The van der Waals surface area contributed by atoms with Gasteiger partial charge in [-0.25, -0.2) is 0 Å². The summed E-state index contributed by atoms with van der Waals surface area (Å²) in [4.78, 5) is 9.76. The van der Waals surface area contributed by atoms with Crippen LogP contribution in [0.15, 0.2) is 0 Å². The predicted molar refractivity (Wildman–Crippen MR) is 35.9 cm³/mol. The number of carboxylic acids is 1. The van der Waals surface area contributed by atoms with Crippen molar-refractivity contribution in [2.24, 2.45) is 5.73 Å². The third-order valence-electron chi connectivity index (χ3n) is 0.514. The van der Waals surface area contributed by atoms with Gasteiger partial charge in [0, 0.05) is 5.75 Å². The van der Waals surface area contributed by atoms with Crippen LogP contribution >= 0.6 is 12.6 Å². The Kier molecular flexibility index (Phi) is 16.5. The van der Waals surface area contributed by atoms with Crippen molar-refractivity contribution < 1.29 is 15.4 Å². The summed E-state index contributed by atoms with van der Waals surface area (Å²) in [5.41, 5.74) is 4.94. The maximum Gasteiger partial charge on any atom is 2.00 e. The Morgan fingerprint density at radius 1 is 1.78 bits per heavy atom. The molecule has 0 spiro atoms. The van der Waals surface area contributed by atoms with Crippen LogP contribution in [0.5, 0.6) is 0 Å². The van der Waals surface area contributed by atoms with Crippen LogP contribution in [0.25, 0.3) is 0 Å². The van der Waals surface area contributed by atoms with Crippen molar-refractivity contribution in [2.45, 2.75) is 6.04 Å². The molecule has 0 unspecified atom stereocenters. The molecule has 0 aromatic rings. The van der Waals surface area contributed by atoms with E-state index in [1.165, 1.54) is 0 Å². The maximum absolute atomic E-state index is 9.76. The second kappa shape index (κ2) is 9.00. The first-order valence-corrected chi connectivity index (χ1v) is 2.41. The predicted octanol–water partition coefficient (Wildman–Crippen LogP) is -1.17. The van der Waals surface area contributed by atoms with Crippen molar-refractivity contribution in [1.82, 2.24) is 0 Å². The standard InChI is InChI=1S/C3H7NO2S.Ca.O/c4-2(1-7)3(5)6;;/h2,7H,1,4H2,(H,5,6);;/q;+2;-2/t2-;;/m0../s1. The average molecular weight is 177 g/mol. The zero-order chi connectivity index (χ0) is 5.86. The van der Waals surface area contributed by atoms with E-state index in [0.717, 1.165) is 0 Å². The fourth-order valence-electron chi connectivity index (χ4n) is 0.0781. The van der Waals surface area contributed by atoms with Crippen LogP contribution in [0.3, 0.4) is 0 Å². The summed E-state index contributed by atoms with van der Waals surface area (Å²) in [5, 5.41) is 8.01. The minimum Gasteiger partial charge on any atom is -2.00 e. The molecule has 0 aromatic heterocycles. The second-order valence-electron chi connectivity index (χ2n) is 1.13. The minimum absolute atomic E-state index is 0. The van der Waals surface area contributed by atoms with E-state index in [1.54, 1.807) is 0 Å². The van der Waals surface area contributed by atoms with Crippen LogP contribution in [-0.2, 0) is 10.3 Å². The van der Waals surface area contributed by atoms with Gasteiger partial charge in [0.2, 0.25) is 0 Å². The summed E-state index contributed by atoms with van der Waals surface area (Å²) in [5.74, 6) is -0.815. The molecule has 9 heavy (non-hydrogen) atoms. The number of hydrogen-bond donors (Lipinski definition) is 3. The first-order valence-electron chi connectivity index (χ1n) is 1.77. The van der Waals surface area contributed by atoms with Gasteiger partial charge in [0.05, 0.1) is 0 Å². The number of carboxylic acid groups (broad SMARTS) is 1. The SMILES string of the molecule is N[C@@H](CS)C(=O)O.[Ca+2].[O-2]. The third kappa shape index (κ3) is 9.00. The first-order chi connectivity index (χ1) is 3.18. The molecule has 0 saturated carbocycles. The molecule has 6 heteroatoms. The number of nitrogens with two attached hydrogens (primary N) is 1. The van der Waals surface area contributed by atoms with Crippen molar-refractivity contribution in [3.63, 3.8) is 0 Å². The van der Waals surface area contributed by atoms with E-state index >= 15 is 0 Å². The first kappa shape index (κ1) is 16.5. The van der Waals surface area contributed by atoms with E-state index in [4.69, 9.17) is 10.8 Å². The van der Waals surface area contributed by atoms with Crippen molar-refractivity contribution in [3.8, 4) is 0 Å². The fraction of sp³-hybridized carbons (Fsp3) is 0.667. The molecular weight excluding hydrogens is 170 g/mol. The number of hydrogen-bond acceptors (Lipinski definition) is 3. The summed E-state index contributed by atoms with van der Waals surface area (Å²) in [6, 6.07) is -0.816. The quantitative estimate of drug-likeness (QED) is 0.366. The van der Waals surface area contributed by atoms with E-state index in [1.807, 2.05) is 0 Å². The van der Waals surface area contributed by atoms with E-state index < -0.39 is 12.0 Å². The minimum atomic E-state index is -1.00.